The summed E-state index contributed by atoms with van der Waals surface area (Å²) in [7, 11) is 0. The molecule has 2 aliphatic rings. The maximum Gasteiger partial charge on any atom is 0.269 e. The lowest BCUT2D eigenvalue weighted by molar-refractivity contribution is 0.0988. The molecule has 0 unspecified atom stereocenters. The SMILES string of the molecule is C.C1CNC1.NC(=O)c1nn(-c2cccc(I)c2)c2ccc(OCCBr)cc12.NC(=O)c1nn(-c2cccc(I)c2)c2ccc(OCCN3CCC3)cc12. The number of alkyl halides is 1. The van der Waals surface area contributed by atoms with Crippen molar-refractivity contribution in [1.29, 1.82) is 0 Å². The molecule has 0 aliphatic carbocycles. The van der Waals surface area contributed by atoms with E-state index in [-0.39, 0.29) is 18.8 Å². The van der Waals surface area contributed by atoms with Gasteiger partial charge >= 0.3 is 0 Å². The zero-order chi connectivity index (χ0) is 37.3. The van der Waals surface area contributed by atoms with Gasteiger partial charge in [-0.05, 0) is 157 Å². The van der Waals surface area contributed by atoms with Crippen molar-refractivity contribution in [2.45, 2.75) is 20.3 Å². The minimum atomic E-state index is -0.558. The summed E-state index contributed by atoms with van der Waals surface area (Å²) in [6.07, 6.45) is 2.66. The number of aromatic nitrogens is 4. The predicted octanol–water partition coefficient (Wildman–Crippen LogP) is 6.93. The first-order valence-corrected chi connectivity index (χ1v) is 20.4. The fraction of sp³-hybridized carbons (Fsp3) is 0.282. The summed E-state index contributed by atoms with van der Waals surface area (Å²) in [5, 5.41) is 14.1. The number of carbonyl (C=O) groups is 2. The fourth-order valence-electron chi connectivity index (χ4n) is 5.58. The first-order valence-electron chi connectivity index (χ1n) is 17.1. The van der Waals surface area contributed by atoms with Crippen LogP contribution in [0.1, 0.15) is 41.2 Å². The van der Waals surface area contributed by atoms with Crippen LogP contribution in [-0.2, 0) is 0 Å². The van der Waals surface area contributed by atoms with E-state index in [2.05, 4.69) is 81.5 Å². The maximum atomic E-state index is 11.9. The molecule has 0 radical (unpaired) electrons. The molecule has 0 bridgehead atoms. The maximum absolute atomic E-state index is 11.9. The highest BCUT2D eigenvalue weighted by Gasteiger charge is 2.19. The molecule has 4 aromatic carbocycles. The van der Waals surface area contributed by atoms with Gasteiger partial charge in [0, 0.05) is 29.8 Å². The molecule has 5 N–H and O–H groups in total. The third-order valence-electron chi connectivity index (χ3n) is 8.55. The summed E-state index contributed by atoms with van der Waals surface area (Å²) in [6, 6.07) is 27.0. The molecule has 15 heteroatoms. The minimum Gasteiger partial charge on any atom is -0.493 e. The normalized spacial score (nSPS) is 13.3. The van der Waals surface area contributed by atoms with Crippen molar-refractivity contribution in [3.63, 3.8) is 0 Å². The average molecular weight is 1020 g/mol. The molecule has 0 saturated carbocycles. The minimum absolute atomic E-state index is 0. The van der Waals surface area contributed by atoms with Crippen molar-refractivity contribution in [2.24, 2.45) is 11.5 Å². The van der Waals surface area contributed by atoms with Gasteiger partial charge in [-0.1, -0.05) is 35.5 Å². The number of primary amides is 2. The highest BCUT2D eigenvalue weighted by Crippen LogP contribution is 2.28. The standard InChI is InChI=1S/C19H19IN4O2.C16H13BrIN3O2.C3H7N.CH4/c20-13-3-1-4-14(11-13)24-17-6-5-15(26-10-9-23-7-2-8-23)12-16(17)18(22-24)19(21)25;17-6-7-23-12-4-5-14-13(9-12)15(16(19)22)20-21(14)11-3-1-2-10(18)8-11;1-2-4-3-1;/h1,3-6,11-12H,2,7-10H2,(H2,21,25);1-5,8-9H,6-7H2,(H2,19,22);4H,1-3H2;1H4. The Morgan fingerprint density at radius 2 is 1.19 bits per heavy atom. The molecule has 6 aromatic rings. The Balaban J connectivity index is 0.000000186. The highest BCUT2D eigenvalue weighted by molar-refractivity contribution is 14.1. The smallest absolute Gasteiger partial charge is 0.269 e. The number of nitrogens with two attached hydrogens (primary N) is 2. The second-order valence-corrected chi connectivity index (χ2v) is 15.5. The van der Waals surface area contributed by atoms with Crippen LogP contribution in [0, 0.1) is 7.14 Å². The van der Waals surface area contributed by atoms with Crippen molar-refractivity contribution in [3.8, 4) is 22.9 Å². The Morgan fingerprint density at radius 3 is 1.56 bits per heavy atom. The Labute approximate surface area is 350 Å². The second-order valence-electron chi connectivity index (χ2n) is 12.3. The third kappa shape index (κ3) is 10.3. The van der Waals surface area contributed by atoms with E-state index < -0.39 is 11.8 Å². The number of fused-ring (bicyclic) bond motifs is 2. The number of nitrogens with one attached hydrogen (secondary N) is 1. The molecule has 2 amide bonds. The van der Waals surface area contributed by atoms with E-state index in [0.29, 0.717) is 29.7 Å². The first kappa shape index (κ1) is 41.4. The molecule has 54 heavy (non-hydrogen) atoms. The van der Waals surface area contributed by atoms with Gasteiger partial charge in [-0.2, -0.15) is 10.2 Å². The topological polar surface area (TPSA) is 156 Å². The highest BCUT2D eigenvalue weighted by atomic mass is 127. The summed E-state index contributed by atoms with van der Waals surface area (Å²) >= 11 is 7.81. The van der Waals surface area contributed by atoms with E-state index in [9.17, 15) is 9.59 Å². The van der Waals surface area contributed by atoms with Gasteiger partial charge in [0.1, 0.15) is 18.1 Å². The van der Waals surface area contributed by atoms with Gasteiger partial charge in [0.2, 0.25) is 0 Å². The van der Waals surface area contributed by atoms with E-state index >= 15 is 0 Å². The van der Waals surface area contributed by atoms with Crippen molar-refractivity contribution >= 4 is 94.7 Å². The van der Waals surface area contributed by atoms with Crippen molar-refractivity contribution < 1.29 is 19.1 Å². The van der Waals surface area contributed by atoms with Gasteiger partial charge in [0.25, 0.3) is 11.8 Å². The Bertz CT molecular complexity index is 2210. The van der Waals surface area contributed by atoms with Crippen LogP contribution < -0.4 is 26.3 Å². The number of halogens is 3. The van der Waals surface area contributed by atoms with Crippen LogP contribution in [0.4, 0.5) is 0 Å². The quantitative estimate of drug-likeness (QED) is 0.0933. The molecule has 2 aromatic heterocycles. The summed E-state index contributed by atoms with van der Waals surface area (Å²) in [5.41, 5.74) is 14.9. The number of rotatable bonds is 11. The molecule has 0 spiro atoms. The van der Waals surface area contributed by atoms with Gasteiger partial charge < -0.3 is 26.3 Å². The van der Waals surface area contributed by atoms with Gasteiger partial charge in [0.05, 0.1) is 29.0 Å². The van der Waals surface area contributed by atoms with Gasteiger partial charge in [-0.15, -0.1) is 0 Å². The lowest BCUT2D eigenvalue weighted by Gasteiger charge is -2.30. The van der Waals surface area contributed by atoms with E-state index in [1.165, 1.54) is 25.9 Å². The molecule has 284 valence electrons. The monoisotopic (exact) mass is 1020 g/mol. The van der Waals surface area contributed by atoms with Crippen LogP contribution in [0.25, 0.3) is 33.2 Å². The molecular weight excluding hydrogens is 978 g/mol. The molecule has 0 atom stereocenters. The zero-order valence-corrected chi connectivity index (χ0v) is 34.7. The van der Waals surface area contributed by atoms with Gasteiger partial charge in [-0.25, -0.2) is 9.36 Å². The van der Waals surface area contributed by atoms with E-state index in [4.69, 9.17) is 20.9 Å². The number of carbonyl (C=O) groups excluding carboxylic acids is 2. The Morgan fingerprint density at radius 1 is 0.722 bits per heavy atom. The molecule has 2 saturated heterocycles. The van der Waals surface area contributed by atoms with Crippen LogP contribution in [0.5, 0.6) is 11.5 Å². The largest absolute Gasteiger partial charge is 0.493 e. The van der Waals surface area contributed by atoms with E-state index in [0.717, 1.165) is 60.3 Å². The van der Waals surface area contributed by atoms with Crippen LogP contribution in [0.15, 0.2) is 84.9 Å². The molecule has 2 aliphatic heterocycles. The summed E-state index contributed by atoms with van der Waals surface area (Å²) in [5.74, 6) is 0.304. The van der Waals surface area contributed by atoms with Crippen molar-refractivity contribution in [1.82, 2.24) is 29.8 Å². The molecule has 8 rings (SSSR count). The Hall–Kier alpha value is -3.78. The van der Waals surface area contributed by atoms with Crippen LogP contribution in [0.3, 0.4) is 0 Å². The van der Waals surface area contributed by atoms with Crippen LogP contribution >= 0.6 is 61.1 Å². The predicted molar refractivity (Wildman–Crippen MR) is 235 cm³/mol. The molecular formula is C39H43BrI2N8O4. The number of hydrogen-bond donors (Lipinski definition) is 3. The lowest BCUT2D eigenvalue weighted by Crippen LogP contribution is -2.39. The number of benzene rings is 4. The summed E-state index contributed by atoms with van der Waals surface area (Å²) in [4.78, 5) is 26.0. The van der Waals surface area contributed by atoms with Crippen molar-refractivity contribution in [2.75, 3.05) is 51.3 Å². The summed E-state index contributed by atoms with van der Waals surface area (Å²) in [6.45, 7) is 6.89. The van der Waals surface area contributed by atoms with Crippen LogP contribution in [0.2, 0.25) is 0 Å². The lowest BCUT2D eigenvalue weighted by atomic mass is 10.2. The number of ether oxygens (including phenoxy) is 2. The first-order chi connectivity index (χ1) is 25.7. The number of likely N-dealkylation sites (tertiary alicyclic amines) is 1. The number of nitrogens with zero attached hydrogens (tertiary/aromatic N) is 5. The van der Waals surface area contributed by atoms with Gasteiger partial charge in [-0.3, -0.25) is 14.5 Å². The molecule has 4 heterocycles. The fourth-order valence-corrected chi connectivity index (χ4v) is 6.79. The number of amides is 2. The molecule has 12 nitrogen and oxygen atoms in total. The van der Waals surface area contributed by atoms with E-state index in [1.807, 2.05) is 78.9 Å². The van der Waals surface area contributed by atoms with E-state index in [1.54, 1.807) is 15.4 Å². The number of hydrogen-bond acceptors (Lipinski definition) is 8. The molecule has 2 fully saturated rings. The average Bonchev–Trinajstić information content (AvgIpc) is 3.67. The second kappa shape index (κ2) is 19.7. The summed E-state index contributed by atoms with van der Waals surface area (Å²) < 4.78 is 17.1. The van der Waals surface area contributed by atoms with Gasteiger partial charge in [0.15, 0.2) is 11.4 Å². The zero-order valence-electron chi connectivity index (χ0n) is 28.8. The Kier molecular flexibility index (Phi) is 15.1. The van der Waals surface area contributed by atoms with Crippen LogP contribution in [-0.4, -0.2) is 87.5 Å². The van der Waals surface area contributed by atoms with Crippen molar-refractivity contribution in [3.05, 3.63) is 103 Å². The third-order valence-corrected chi connectivity index (χ3v) is 10.2.